The second-order valence-electron chi connectivity index (χ2n) is 0.224. The van der Waals surface area contributed by atoms with Crippen LogP contribution in [0.15, 0.2) is 0 Å². The van der Waals surface area contributed by atoms with Gasteiger partial charge in [-0.2, -0.15) is 0 Å². The molecule has 0 aliphatic heterocycles. The molecule has 0 nitrogen and oxygen atoms in total. The third kappa shape index (κ3) is 8.93. The Hall–Kier alpha value is 2.12. The standard InChI is InChI=1S/AsSe3/c2-1(3)4. The van der Waals surface area contributed by atoms with Crippen molar-refractivity contribution in [3.8, 4) is 0 Å². The van der Waals surface area contributed by atoms with Crippen LogP contribution in [0.25, 0.3) is 0 Å². The number of rotatable bonds is 0. The van der Waals surface area contributed by atoms with E-state index in [0.29, 0.717) is 0 Å². The fourth-order valence-electron chi connectivity index (χ4n) is 0. The summed E-state index contributed by atoms with van der Waals surface area (Å²) in [4.78, 5) is 0. The molecule has 0 N–H and O–H groups in total. The van der Waals surface area contributed by atoms with E-state index in [1.807, 2.05) is 0 Å². The first kappa shape index (κ1) is 6.12. The first-order valence-electron chi connectivity index (χ1n) is 0.548. The monoisotopic (exact) mass is 315 g/mol. The van der Waals surface area contributed by atoms with Crippen molar-refractivity contribution < 1.29 is 0 Å². The summed E-state index contributed by atoms with van der Waals surface area (Å²) in [6, 6.07) is 0. The Balaban J connectivity index is 2.32. The molecule has 3 radical (unpaired) electrons. The zero-order valence-corrected chi connectivity index (χ0v) is 8.69. The molecular weight excluding hydrogens is 312 g/mol. The zero-order valence-electron chi connectivity index (χ0n) is 1.67. The van der Waals surface area contributed by atoms with Gasteiger partial charge in [0.1, 0.15) is 0 Å². The summed E-state index contributed by atoms with van der Waals surface area (Å²) in [5.41, 5.74) is 0. The molecule has 0 bridgehead atoms. The summed E-state index contributed by atoms with van der Waals surface area (Å²) in [7, 11) is -0.562. The molecule has 0 saturated carbocycles. The van der Waals surface area contributed by atoms with Gasteiger partial charge >= 0.3 is 51.0 Å². The average molecular weight is 312 g/mol. The molecular formula is AsSe3. The molecule has 4 heavy (non-hydrogen) atoms. The third-order valence-corrected chi connectivity index (χ3v) is 0. The molecule has 0 saturated heterocycles. The zero-order chi connectivity index (χ0) is 3.58. The van der Waals surface area contributed by atoms with Gasteiger partial charge in [-0.3, -0.25) is 0 Å². The van der Waals surface area contributed by atoms with Crippen molar-refractivity contribution in [2.45, 2.75) is 0 Å². The maximum absolute atomic E-state index is 2.94. The molecule has 23 valence electrons. The quantitative estimate of drug-likeness (QED) is 0.477. The molecule has 0 atom stereocenters. The van der Waals surface area contributed by atoms with Crippen molar-refractivity contribution in [2.75, 3.05) is 0 Å². The van der Waals surface area contributed by atoms with Crippen molar-refractivity contribution >= 4 is 51.0 Å². The molecule has 0 rings (SSSR count). The second kappa shape index (κ2) is 3.31. The molecule has 0 fully saturated rings. The van der Waals surface area contributed by atoms with Crippen molar-refractivity contribution in [3.05, 3.63) is 0 Å². The van der Waals surface area contributed by atoms with E-state index in [9.17, 15) is 0 Å². The summed E-state index contributed by atoms with van der Waals surface area (Å²) in [5.74, 6) is 0. The van der Waals surface area contributed by atoms with Crippen LogP contribution in [0.2, 0.25) is 0 Å². The Kier molecular flexibility index (Phi) is 5.07. The molecule has 0 aliphatic carbocycles. The first-order chi connectivity index (χ1) is 1.73. The van der Waals surface area contributed by atoms with Gasteiger partial charge in [-0.15, -0.1) is 0 Å². The summed E-state index contributed by atoms with van der Waals surface area (Å²) in [6.07, 6.45) is 0. The molecule has 0 spiro atoms. The van der Waals surface area contributed by atoms with Gasteiger partial charge < -0.3 is 0 Å². The van der Waals surface area contributed by atoms with E-state index >= 15 is 0 Å². The van der Waals surface area contributed by atoms with Gasteiger partial charge in [0.05, 0.1) is 0 Å². The van der Waals surface area contributed by atoms with Gasteiger partial charge in [-0.05, 0) is 0 Å². The van der Waals surface area contributed by atoms with E-state index in [-0.39, 0.29) is 0 Å². The third-order valence-electron chi connectivity index (χ3n) is 0. The van der Waals surface area contributed by atoms with Gasteiger partial charge in [0, 0.05) is 0 Å². The normalized spacial score (nSPS) is 9.00. The summed E-state index contributed by atoms with van der Waals surface area (Å²) >= 11 is 8.81. The van der Waals surface area contributed by atoms with E-state index in [2.05, 4.69) is 42.0 Å². The Labute approximate surface area is 50.5 Å². The van der Waals surface area contributed by atoms with Crippen LogP contribution in [0.4, 0.5) is 0 Å². The van der Waals surface area contributed by atoms with Crippen LogP contribution in [0.3, 0.4) is 0 Å². The first-order valence-corrected chi connectivity index (χ1v) is 14.8. The SMILES string of the molecule is [Se][As]([Se])[Se]. The number of hydrogen-bond acceptors (Lipinski definition) is 0. The molecule has 4 heteroatoms. The summed E-state index contributed by atoms with van der Waals surface area (Å²) in [5, 5.41) is 0. The van der Waals surface area contributed by atoms with Crippen molar-refractivity contribution in [1.29, 1.82) is 0 Å². The van der Waals surface area contributed by atoms with Crippen molar-refractivity contribution in [3.63, 3.8) is 0 Å². The maximum atomic E-state index is 2.94. The molecule has 0 aliphatic rings. The van der Waals surface area contributed by atoms with Crippen LogP contribution >= 0.6 is 0 Å². The Bertz CT molecular complexity index is 8.00. The molecule has 0 unspecified atom stereocenters. The second-order valence-corrected chi connectivity index (χ2v) is 31.4. The minimum absolute atomic E-state index is 0.562. The van der Waals surface area contributed by atoms with Crippen LogP contribution in [0.5, 0.6) is 0 Å². The predicted octanol–water partition coefficient (Wildman–Crippen LogP) is -1.52. The summed E-state index contributed by atoms with van der Waals surface area (Å²) < 4.78 is 0. The fraction of sp³-hybridized carbons (Fsp3) is 0. The molecule has 0 aromatic carbocycles. The van der Waals surface area contributed by atoms with Crippen LogP contribution < -0.4 is 0 Å². The van der Waals surface area contributed by atoms with E-state index < -0.39 is 9.00 Å². The van der Waals surface area contributed by atoms with Crippen LogP contribution in [0, 0.1) is 0 Å². The minimum atomic E-state index is -0.562. The Morgan fingerprint density at radius 3 is 1.00 bits per heavy atom. The molecule has 0 aromatic heterocycles. The van der Waals surface area contributed by atoms with Crippen molar-refractivity contribution in [2.24, 2.45) is 0 Å². The predicted molar refractivity (Wildman–Crippen MR) is 23.0 cm³/mol. The van der Waals surface area contributed by atoms with Gasteiger partial charge in [0.25, 0.3) is 0 Å². The van der Waals surface area contributed by atoms with Gasteiger partial charge in [0.15, 0.2) is 0 Å². The van der Waals surface area contributed by atoms with Crippen LogP contribution in [-0.4, -0.2) is 51.0 Å². The van der Waals surface area contributed by atoms with E-state index in [0.717, 1.165) is 0 Å². The van der Waals surface area contributed by atoms with Crippen LogP contribution in [-0.2, 0) is 0 Å². The fourth-order valence-corrected chi connectivity index (χ4v) is 0. The summed E-state index contributed by atoms with van der Waals surface area (Å²) in [6.45, 7) is 0. The average Bonchev–Trinajstić information content (AvgIpc) is 0.811. The molecule has 0 aromatic rings. The van der Waals surface area contributed by atoms with Gasteiger partial charge in [-0.1, -0.05) is 0 Å². The topological polar surface area (TPSA) is 0 Å². The molecule has 0 amide bonds. The van der Waals surface area contributed by atoms with E-state index in [1.54, 1.807) is 0 Å². The Morgan fingerprint density at radius 1 is 1.00 bits per heavy atom. The van der Waals surface area contributed by atoms with Crippen LogP contribution in [0.1, 0.15) is 0 Å². The van der Waals surface area contributed by atoms with E-state index in [1.165, 1.54) is 0 Å². The van der Waals surface area contributed by atoms with Gasteiger partial charge in [-0.25, -0.2) is 0 Å². The van der Waals surface area contributed by atoms with Crippen molar-refractivity contribution in [1.82, 2.24) is 0 Å². The number of hydrogen-bond donors (Lipinski definition) is 0. The molecule has 0 heterocycles. The van der Waals surface area contributed by atoms with Gasteiger partial charge in [0.2, 0.25) is 0 Å². The Morgan fingerprint density at radius 2 is 1.00 bits per heavy atom. The van der Waals surface area contributed by atoms with E-state index in [4.69, 9.17) is 0 Å².